The molecule has 1 aliphatic heterocycles. The first kappa shape index (κ1) is 15.5. The quantitative estimate of drug-likeness (QED) is 0.901. The van der Waals surface area contributed by atoms with Crippen molar-refractivity contribution in [3.8, 4) is 0 Å². The summed E-state index contributed by atoms with van der Waals surface area (Å²) in [6.45, 7) is 9.73. The van der Waals surface area contributed by atoms with E-state index in [9.17, 15) is 5.11 Å². The molecule has 0 saturated carbocycles. The van der Waals surface area contributed by atoms with E-state index in [1.165, 1.54) is 0 Å². The monoisotopic (exact) mass is 279 g/mol. The van der Waals surface area contributed by atoms with Crippen molar-refractivity contribution in [2.75, 3.05) is 19.6 Å². The van der Waals surface area contributed by atoms with Gasteiger partial charge in [-0.25, -0.2) is 0 Å². The highest BCUT2D eigenvalue weighted by molar-refractivity contribution is 5.05. The lowest BCUT2D eigenvalue weighted by atomic mass is 9.90. The van der Waals surface area contributed by atoms with Crippen molar-refractivity contribution in [1.82, 2.24) is 14.7 Å². The van der Waals surface area contributed by atoms with E-state index in [1.54, 1.807) is 0 Å². The molecule has 4 heteroatoms. The Hall–Kier alpha value is -0.870. The predicted octanol–water partition coefficient (Wildman–Crippen LogP) is 2.63. The normalized spacial score (nSPS) is 26.4. The fourth-order valence-corrected chi connectivity index (χ4v) is 2.97. The molecule has 1 saturated heterocycles. The molecular weight excluding hydrogens is 250 g/mol. The van der Waals surface area contributed by atoms with Crippen molar-refractivity contribution in [1.29, 1.82) is 0 Å². The molecule has 1 aromatic rings. The van der Waals surface area contributed by atoms with Gasteiger partial charge in [-0.3, -0.25) is 4.68 Å². The van der Waals surface area contributed by atoms with Crippen LogP contribution < -0.4 is 0 Å². The van der Waals surface area contributed by atoms with Crippen LogP contribution in [-0.4, -0.2) is 45.0 Å². The summed E-state index contributed by atoms with van der Waals surface area (Å²) in [6, 6.07) is 2.50. The molecular formula is C16H29N3O. The molecule has 2 atom stereocenters. The van der Waals surface area contributed by atoms with Crippen LogP contribution in [-0.2, 0) is 6.42 Å². The number of aliphatic hydroxyl groups is 1. The Labute approximate surface area is 122 Å². The van der Waals surface area contributed by atoms with E-state index in [-0.39, 0.29) is 0 Å². The largest absolute Gasteiger partial charge is 0.389 e. The molecule has 0 aromatic carbocycles. The second kappa shape index (κ2) is 6.72. The lowest BCUT2D eigenvalue weighted by Gasteiger charge is -2.26. The lowest BCUT2D eigenvalue weighted by molar-refractivity contribution is 0.0248. The third-order valence-corrected chi connectivity index (χ3v) is 4.67. The Morgan fingerprint density at radius 1 is 1.35 bits per heavy atom. The van der Waals surface area contributed by atoms with Crippen LogP contribution in [0.15, 0.2) is 12.3 Å². The molecule has 0 amide bonds. The molecule has 2 unspecified atom stereocenters. The SMILES string of the molecule is CCC(C)n1ccc(CC2(O)CCCN(CC)CC2)n1. The molecule has 2 rings (SSSR count). The summed E-state index contributed by atoms with van der Waals surface area (Å²) >= 11 is 0. The molecule has 20 heavy (non-hydrogen) atoms. The first-order valence-corrected chi connectivity index (χ1v) is 8.05. The summed E-state index contributed by atoms with van der Waals surface area (Å²) in [5, 5.41) is 15.5. The van der Waals surface area contributed by atoms with Gasteiger partial charge < -0.3 is 10.0 Å². The fraction of sp³-hybridized carbons (Fsp3) is 0.812. The van der Waals surface area contributed by atoms with Gasteiger partial charge >= 0.3 is 0 Å². The van der Waals surface area contributed by atoms with E-state index in [4.69, 9.17) is 0 Å². The van der Waals surface area contributed by atoms with Crippen LogP contribution in [0.1, 0.15) is 58.2 Å². The van der Waals surface area contributed by atoms with Crippen molar-refractivity contribution in [3.05, 3.63) is 18.0 Å². The second-order valence-electron chi connectivity index (χ2n) is 6.23. The lowest BCUT2D eigenvalue weighted by Crippen LogP contribution is -2.33. The van der Waals surface area contributed by atoms with Crippen LogP contribution in [0.2, 0.25) is 0 Å². The van der Waals surface area contributed by atoms with Crippen LogP contribution >= 0.6 is 0 Å². The summed E-state index contributed by atoms with van der Waals surface area (Å²) < 4.78 is 2.02. The zero-order valence-electron chi connectivity index (χ0n) is 13.2. The zero-order valence-corrected chi connectivity index (χ0v) is 13.2. The van der Waals surface area contributed by atoms with Gasteiger partial charge in [-0.05, 0) is 51.8 Å². The van der Waals surface area contributed by atoms with Gasteiger partial charge in [0.2, 0.25) is 0 Å². The van der Waals surface area contributed by atoms with Gasteiger partial charge in [0.05, 0.1) is 11.3 Å². The first-order valence-electron chi connectivity index (χ1n) is 8.05. The zero-order chi connectivity index (χ0) is 14.6. The van der Waals surface area contributed by atoms with Gasteiger partial charge in [0, 0.05) is 25.2 Å². The van der Waals surface area contributed by atoms with Crippen molar-refractivity contribution in [2.24, 2.45) is 0 Å². The topological polar surface area (TPSA) is 41.3 Å². The van der Waals surface area contributed by atoms with Gasteiger partial charge in [-0.2, -0.15) is 5.10 Å². The first-order chi connectivity index (χ1) is 9.56. The van der Waals surface area contributed by atoms with E-state index in [0.717, 1.165) is 51.0 Å². The molecule has 0 aliphatic carbocycles. The number of rotatable bonds is 5. The van der Waals surface area contributed by atoms with Gasteiger partial charge in [0.15, 0.2) is 0 Å². The second-order valence-corrected chi connectivity index (χ2v) is 6.23. The Balaban J connectivity index is 1.99. The van der Waals surface area contributed by atoms with Crippen LogP contribution in [0.5, 0.6) is 0 Å². The Kier molecular flexibility index (Phi) is 5.22. The van der Waals surface area contributed by atoms with E-state index in [0.29, 0.717) is 12.5 Å². The van der Waals surface area contributed by atoms with Gasteiger partial charge in [-0.1, -0.05) is 13.8 Å². The maximum Gasteiger partial charge on any atom is 0.0716 e. The van der Waals surface area contributed by atoms with E-state index in [2.05, 4.69) is 36.8 Å². The standard InChI is InChI=1S/C16H29N3O/c1-4-14(3)19-11-7-15(17-19)13-16(20)8-6-10-18(5-2)12-9-16/h7,11,14,20H,4-6,8-10,12-13H2,1-3H3. The van der Waals surface area contributed by atoms with E-state index < -0.39 is 5.60 Å². The highest BCUT2D eigenvalue weighted by atomic mass is 16.3. The average molecular weight is 279 g/mol. The van der Waals surface area contributed by atoms with Gasteiger partial charge in [0.1, 0.15) is 0 Å². The van der Waals surface area contributed by atoms with Crippen molar-refractivity contribution < 1.29 is 5.11 Å². The number of hydrogen-bond acceptors (Lipinski definition) is 3. The summed E-state index contributed by atoms with van der Waals surface area (Å²) in [6.07, 6.45) is 6.64. The maximum atomic E-state index is 10.8. The Morgan fingerprint density at radius 2 is 2.15 bits per heavy atom. The minimum Gasteiger partial charge on any atom is -0.389 e. The third-order valence-electron chi connectivity index (χ3n) is 4.67. The van der Waals surface area contributed by atoms with Crippen LogP contribution in [0.3, 0.4) is 0 Å². The Bertz CT molecular complexity index is 418. The predicted molar refractivity (Wildman–Crippen MR) is 81.8 cm³/mol. The smallest absolute Gasteiger partial charge is 0.0716 e. The fourth-order valence-electron chi connectivity index (χ4n) is 2.97. The summed E-state index contributed by atoms with van der Waals surface area (Å²) in [5.74, 6) is 0. The summed E-state index contributed by atoms with van der Waals surface area (Å²) in [5.41, 5.74) is 0.455. The summed E-state index contributed by atoms with van der Waals surface area (Å²) in [4.78, 5) is 2.43. The molecule has 1 N–H and O–H groups in total. The van der Waals surface area contributed by atoms with Crippen LogP contribution in [0.4, 0.5) is 0 Å². The highest BCUT2D eigenvalue weighted by Crippen LogP contribution is 2.26. The number of hydrogen-bond donors (Lipinski definition) is 1. The number of likely N-dealkylation sites (tertiary alicyclic amines) is 1. The maximum absolute atomic E-state index is 10.8. The minimum atomic E-state index is -0.571. The number of aromatic nitrogens is 2. The summed E-state index contributed by atoms with van der Waals surface area (Å²) in [7, 11) is 0. The molecule has 1 aliphatic rings. The van der Waals surface area contributed by atoms with E-state index in [1.807, 2.05) is 10.9 Å². The van der Waals surface area contributed by atoms with Crippen LogP contribution in [0, 0.1) is 0 Å². The Morgan fingerprint density at radius 3 is 2.85 bits per heavy atom. The third kappa shape index (κ3) is 3.83. The molecule has 1 fully saturated rings. The highest BCUT2D eigenvalue weighted by Gasteiger charge is 2.30. The molecule has 0 bridgehead atoms. The molecule has 114 valence electrons. The molecule has 2 heterocycles. The van der Waals surface area contributed by atoms with Gasteiger partial charge in [-0.15, -0.1) is 0 Å². The molecule has 0 radical (unpaired) electrons. The molecule has 1 aromatic heterocycles. The molecule has 4 nitrogen and oxygen atoms in total. The van der Waals surface area contributed by atoms with Crippen LogP contribution in [0.25, 0.3) is 0 Å². The van der Waals surface area contributed by atoms with E-state index >= 15 is 0 Å². The van der Waals surface area contributed by atoms with Crippen molar-refractivity contribution in [2.45, 2.75) is 64.5 Å². The van der Waals surface area contributed by atoms with Crippen molar-refractivity contribution >= 4 is 0 Å². The molecule has 0 spiro atoms. The number of nitrogens with zero attached hydrogens (tertiary/aromatic N) is 3. The average Bonchev–Trinajstić information content (AvgIpc) is 2.81. The van der Waals surface area contributed by atoms with Crippen molar-refractivity contribution in [3.63, 3.8) is 0 Å². The van der Waals surface area contributed by atoms with Gasteiger partial charge in [0.25, 0.3) is 0 Å². The minimum absolute atomic E-state index is 0.433.